The van der Waals surface area contributed by atoms with E-state index >= 15 is 0 Å². The summed E-state index contributed by atoms with van der Waals surface area (Å²) in [4.78, 5) is 13.7. The number of hydrogen-bond acceptors (Lipinski definition) is 2. The number of amides is 1. The van der Waals surface area contributed by atoms with Gasteiger partial charge in [-0.05, 0) is 43.9 Å². The van der Waals surface area contributed by atoms with Crippen LogP contribution in [0.2, 0.25) is 0 Å². The standard InChI is InChI=1S/C16H25NO2/c1-6-17(7-2)16(18)11-19-15-10-13(5)8-9-14(15)12(3)4/h8-10,12H,6-7,11H2,1-5H3. The largest absolute Gasteiger partial charge is 0.483 e. The first-order valence-corrected chi connectivity index (χ1v) is 7.00. The molecule has 1 rings (SSSR count). The van der Waals surface area contributed by atoms with Crippen molar-refractivity contribution in [1.29, 1.82) is 0 Å². The quantitative estimate of drug-likeness (QED) is 0.787. The van der Waals surface area contributed by atoms with Gasteiger partial charge < -0.3 is 9.64 Å². The maximum absolute atomic E-state index is 11.9. The molecule has 0 N–H and O–H groups in total. The summed E-state index contributed by atoms with van der Waals surface area (Å²) in [5, 5.41) is 0. The Kier molecular flexibility index (Phi) is 5.87. The summed E-state index contributed by atoms with van der Waals surface area (Å²) in [7, 11) is 0. The van der Waals surface area contributed by atoms with E-state index in [1.54, 1.807) is 4.90 Å². The second-order valence-corrected chi connectivity index (χ2v) is 5.05. The maximum Gasteiger partial charge on any atom is 0.260 e. The van der Waals surface area contributed by atoms with Gasteiger partial charge in [-0.25, -0.2) is 0 Å². The van der Waals surface area contributed by atoms with Crippen LogP contribution in [0.4, 0.5) is 0 Å². The third kappa shape index (κ3) is 4.27. The van der Waals surface area contributed by atoms with Gasteiger partial charge in [0.2, 0.25) is 0 Å². The molecule has 0 aliphatic carbocycles. The van der Waals surface area contributed by atoms with E-state index < -0.39 is 0 Å². The Balaban J connectivity index is 2.77. The van der Waals surface area contributed by atoms with Crippen LogP contribution in [0.3, 0.4) is 0 Å². The van der Waals surface area contributed by atoms with Crippen LogP contribution in [-0.2, 0) is 4.79 Å². The van der Waals surface area contributed by atoms with Gasteiger partial charge in [-0.2, -0.15) is 0 Å². The molecule has 0 saturated carbocycles. The fraction of sp³-hybridized carbons (Fsp3) is 0.562. The number of carbonyl (C=O) groups is 1. The van der Waals surface area contributed by atoms with Crippen LogP contribution in [0, 0.1) is 6.92 Å². The van der Waals surface area contributed by atoms with E-state index in [-0.39, 0.29) is 12.5 Å². The van der Waals surface area contributed by atoms with Crippen molar-refractivity contribution in [2.24, 2.45) is 0 Å². The van der Waals surface area contributed by atoms with E-state index in [1.807, 2.05) is 26.8 Å². The molecule has 0 aliphatic heterocycles. The first-order chi connectivity index (χ1) is 8.99. The normalized spacial score (nSPS) is 10.6. The van der Waals surface area contributed by atoms with Crippen molar-refractivity contribution in [3.05, 3.63) is 29.3 Å². The van der Waals surface area contributed by atoms with Crippen molar-refractivity contribution in [2.75, 3.05) is 19.7 Å². The summed E-state index contributed by atoms with van der Waals surface area (Å²) in [5.41, 5.74) is 2.30. The minimum absolute atomic E-state index is 0.0428. The van der Waals surface area contributed by atoms with Crippen LogP contribution in [-0.4, -0.2) is 30.5 Å². The summed E-state index contributed by atoms with van der Waals surface area (Å²) in [6.07, 6.45) is 0. The fourth-order valence-corrected chi connectivity index (χ4v) is 2.05. The smallest absolute Gasteiger partial charge is 0.260 e. The minimum Gasteiger partial charge on any atom is -0.483 e. The molecule has 0 spiro atoms. The van der Waals surface area contributed by atoms with E-state index in [0.29, 0.717) is 5.92 Å². The van der Waals surface area contributed by atoms with E-state index in [0.717, 1.165) is 30.0 Å². The monoisotopic (exact) mass is 263 g/mol. The highest BCUT2D eigenvalue weighted by Crippen LogP contribution is 2.27. The van der Waals surface area contributed by atoms with Crippen molar-refractivity contribution < 1.29 is 9.53 Å². The van der Waals surface area contributed by atoms with E-state index in [9.17, 15) is 4.79 Å². The number of ether oxygens (including phenoxy) is 1. The molecule has 0 aliphatic rings. The third-order valence-corrected chi connectivity index (χ3v) is 3.26. The molecule has 0 heterocycles. The number of aryl methyl sites for hydroxylation is 1. The molecular formula is C16H25NO2. The Labute approximate surface area is 116 Å². The molecule has 1 amide bonds. The molecule has 0 saturated heterocycles. The lowest BCUT2D eigenvalue weighted by atomic mass is 10.0. The van der Waals surface area contributed by atoms with Gasteiger partial charge in [0, 0.05) is 13.1 Å². The molecule has 1 aromatic carbocycles. The fourth-order valence-electron chi connectivity index (χ4n) is 2.05. The molecule has 3 nitrogen and oxygen atoms in total. The Morgan fingerprint density at radius 2 is 1.89 bits per heavy atom. The predicted octanol–water partition coefficient (Wildman–Crippen LogP) is 3.37. The van der Waals surface area contributed by atoms with Gasteiger partial charge >= 0.3 is 0 Å². The Hall–Kier alpha value is -1.51. The molecular weight excluding hydrogens is 238 g/mol. The van der Waals surface area contributed by atoms with Crippen molar-refractivity contribution in [1.82, 2.24) is 4.90 Å². The lowest BCUT2D eigenvalue weighted by Gasteiger charge is -2.20. The summed E-state index contributed by atoms with van der Waals surface area (Å²) >= 11 is 0. The number of rotatable bonds is 6. The van der Waals surface area contributed by atoms with E-state index in [4.69, 9.17) is 4.74 Å². The van der Waals surface area contributed by atoms with Crippen LogP contribution in [0.5, 0.6) is 5.75 Å². The first-order valence-electron chi connectivity index (χ1n) is 7.00. The zero-order valence-electron chi connectivity index (χ0n) is 12.7. The number of hydrogen-bond donors (Lipinski definition) is 0. The Morgan fingerprint density at radius 3 is 2.42 bits per heavy atom. The summed E-state index contributed by atoms with van der Waals surface area (Å²) in [6, 6.07) is 6.16. The van der Waals surface area contributed by atoms with Gasteiger partial charge in [-0.15, -0.1) is 0 Å². The van der Waals surface area contributed by atoms with Crippen molar-refractivity contribution >= 4 is 5.91 Å². The number of nitrogens with zero attached hydrogens (tertiary/aromatic N) is 1. The van der Waals surface area contributed by atoms with Gasteiger partial charge in [0.15, 0.2) is 6.61 Å². The average molecular weight is 263 g/mol. The highest BCUT2D eigenvalue weighted by molar-refractivity contribution is 5.77. The second kappa shape index (κ2) is 7.17. The zero-order valence-corrected chi connectivity index (χ0v) is 12.7. The van der Waals surface area contributed by atoms with Gasteiger partial charge in [-0.3, -0.25) is 4.79 Å². The SMILES string of the molecule is CCN(CC)C(=O)COc1cc(C)ccc1C(C)C. The number of likely N-dealkylation sites (N-methyl/N-ethyl adjacent to an activating group) is 1. The molecule has 0 radical (unpaired) electrons. The molecule has 19 heavy (non-hydrogen) atoms. The Bertz CT molecular complexity index is 423. The number of benzene rings is 1. The average Bonchev–Trinajstić information content (AvgIpc) is 2.37. The molecule has 0 bridgehead atoms. The van der Waals surface area contributed by atoms with Crippen LogP contribution in [0.25, 0.3) is 0 Å². The molecule has 3 heteroatoms. The van der Waals surface area contributed by atoms with Gasteiger partial charge in [-0.1, -0.05) is 26.0 Å². The lowest BCUT2D eigenvalue weighted by Crippen LogP contribution is -2.34. The van der Waals surface area contributed by atoms with Crippen LogP contribution >= 0.6 is 0 Å². The predicted molar refractivity (Wildman–Crippen MR) is 78.7 cm³/mol. The van der Waals surface area contributed by atoms with Crippen LogP contribution in [0.15, 0.2) is 18.2 Å². The lowest BCUT2D eigenvalue weighted by molar-refractivity contribution is -0.132. The minimum atomic E-state index is 0.0428. The summed E-state index contributed by atoms with van der Waals surface area (Å²) in [6.45, 7) is 11.8. The molecule has 0 unspecified atom stereocenters. The van der Waals surface area contributed by atoms with Crippen LogP contribution < -0.4 is 4.74 Å². The molecule has 1 aromatic rings. The van der Waals surface area contributed by atoms with Gasteiger partial charge in [0.05, 0.1) is 0 Å². The molecule has 0 aromatic heterocycles. The highest BCUT2D eigenvalue weighted by Gasteiger charge is 2.13. The second-order valence-electron chi connectivity index (χ2n) is 5.05. The number of carbonyl (C=O) groups excluding carboxylic acids is 1. The molecule has 106 valence electrons. The van der Waals surface area contributed by atoms with Gasteiger partial charge in [0.25, 0.3) is 5.91 Å². The van der Waals surface area contributed by atoms with Crippen molar-refractivity contribution in [2.45, 2.75) is 40.5 Å². The van der Waals surface area contributed by atoms with Crippen molar-refractivity contribution in [3.63, 3.8) is 0 Å². The first kappa shape index (κ1) is 15.5. The maximum atomic E-state index is 11.9. The molecule has 0 atom stereocenters. The van der Waals surface area contributed by atoms with Crippen LogP contribution in [0.1, 0.15) is 44.7 Å². The van der Waals surface area contributed by atoms with Crippen molar-refractivity contribution in [3.8, 4) is 5.75 Å². The Morgan fingerprint density at radius 1 is 1.26 bits per heavy atom. The zero-order chi connectivity index (χ0) is 14.4. The van der Waals surface area contributed by atoms with E-state index in [2.05, 4.69) is 26.0 Å². The topological polar surface area (TPSA) is 29.5 Å². The summed E-state index contributed by atoms with van der Waals surface area (Å²) in [5.74, 6) is 1.26. The highest BCUT2D eigenvalue weighted by atomic mass is 16.5. The van der Waals surface area contributed by atoms with Gasteiger partial charge in [0.1, 0.15) is 5.75 Å². The molecule has 0 fully saturated rings. The van der Waals surface area contributed by atoms with E-state index in [1.165, 1.54) is 0 Å². The third-order valence-electron chi connectivity index (χ3n) is 3.26. The summed E-state index contributed by atoms with van der Waals surface area (Å²) < 4.78 is 5.73.